The first-order valence-electron chi connectivity index (χ1n) is 7.50. The Bertz CT molecular complexity index is 495. The monoisotopic (exact) mass is 326 g/mol. The van der Waals surface area contributed by atoms with Gasteiger partial charge in [-0.25, -0.2) is 4.79 Å². The first-order valence-corrected chi connectivity index (χ1v) is 7.50. The van der Waals surface area contributed by atoms with E-state index in [1.807, 2.05) is 6.07 Å². The molecule has 0 aliphatic heterocycles. The Labute approximate surface area is 139 Å². The molecule has 3 N–H and O–H groups in total. The van der Waals surface area contributed by atoms with Crippen molar-refractivity contribution in [1.82, 2.24) is 5.32 Å². The maximum Gasteiger partial charge on any atom is 0.328 e. The van der Waals surface area contributed by atoms with Gasteiger partial charge in [-0.1, -0.05) is 39.0 Å². The van der Waals surface area contributed by atoms with Crippen molar-refractivity contribution < 1.29 is 4.79 Å². The van der Waals surface area contributed by atoms with E-state index in [9.17, 15) is 4.79 Å². The third-order valence-electron chi connectivity index (χ3n) is 3.40. The topological polar surface area (TPSA) is 70.7 Å². The van der Waals surface area contributed by atoms with Gasteiger partial charge in [-0.3, -0.25) is 15.2 Å². The van der Waals surface area contributed by atoms with Crippen LogP contribution in [0.5, 0.6) is 0 Å². The molecule has 1 aromatic carbocycles. The zero-order valence-electron chi connectivity index (χ0n) is 13.8. The molecule has 0 heterocycles. The summed E-state index contributed by atoms with van der Waals surface area (Å²) in [5.41, 5.74) is 8.97. The maximum absolute atomic E-state index is 12.5. The number of hydrogen-bond donors (Lipinski definition) is 2. The van der Waals surface area contributed by atoms with Gasteiger partial charge in [0, 0.05) is 13.6 Å². The highest BCUT2D eigenvalue weighted by Crippen LogP contribution is 2.27. The smallest absolute Gasteiger partial charge is 0.328 e. The minimum absolute atomic E-state index is 0. The van der Waals surface area contributed by atoms with Crippen LogP contribution in [-0.4, -0.2) is 25.6 Å². The molecule has 1 aromatic rings. The number of urea groups is 1. The van der Waals surface area contributed by atoms with Gasteiger partial charge < -0.3 is 5.73 Å². The van der Waals surface area contributed by atoms with Gasteiger partial charge in [0.05, 0.1) is 5.69 Å². The molecule has 0 aliphatic carbocycles. The fourth-order valence-corrected chi connectivity index (χ4v) is 2.33. The normalized spacial score (nSPS) is 10.8. The summed E-state index contributed by atoms with van der Waals surface area (Å²) < 4.78 is 0. The van der Waals surface area contributed by atoms with Crippen molar-refractivity contribution in [3.63, 3.8) is 0 Å². The second kappa shape index (κ2) is 10.1. The van der Waals surface area contributed by atoms with Gasteiger partial charge in [-0.15, -0.1) is 12.4 Å². The lowest BCUT2D eigenvalue weighted by Gasteiger charge is -2.27. The lowest BCUT2D eigenvalue weighted by Crippen LogP contribution is -2.47. The first kappa shape index (κ1) is 20.2. The molecule has 0 atom stereocenters. The third kappa shape index (κ3) is 4.91. The summed E-state index contributed by atoms with van der Waals surface area (Å²) in [7, 11) is 1.55. The Hall–Kier alpha value is -1.75. The minimum atomic E-state index is -0.226. The standard InChI is InChI=1S/C16H26N4O.ClH/c1-5-11-20(16(21)19-15(17)18-4)14-12(6-2)9-8-10-13(14)7-3;/h8-10H,5-7,11H2,1-4H3,(H3,17,18,19,21);1H. The number of guanidine groups is 1. The van der Waals surface area contributed by atoms with E-state index in [1.54, 1.807) is 11.9 Å². The predicted octanol–water partition coefficient (Wildman–Crippen LogP) is 3.10. The highest BCUT2D eigenvalue weighted by Gasteiger charge is 2.20. The molecule has 0 radical (unpaired) electrons. The average molecular weight is 327 g/mol. The maximum atomic E-state index is 12.5. The third-order valence-corrected chi connectivity index (χ3v) is 3.40. The first-order chi connectivity index (χ1) is 10.1. The fraction of sp³-hybridized carbons (Fsp3) is 0.500. The van der Waals surface area contributed by atoms with Crippen LogP contribution in [0.2, 0.25) is 0 Å². The Morgan fingerprint density at radius 2 is 1.77 bits per heavy atom. The van der Waals surface area contributed by atoms with Gasteiger partial charge in [0.2, 0.25) is 0 Å². The van der Waals surface area contributed by atoms with Crippen molar-refractivity contribution in [3.8, 4) is 0 Å². The highest BCUT2D eigenvalue weighted by molar-refractivity contribution is 6.04. The van der Waals surface area contributed by atoms with Crippen LogP contribution in [0.1, 0.15) is 38.3 Å². The van der Waals surface area contributed by atoms with E-state index in [4.69, 9.17) is 5.73 Å². The summed E-state index contributed by atoms with van der Waals surface area (Å²) in [6.07, 6.45) is 2.64. The Morgan fingerprint density at radius 1 is 1.23 bits per heavy atom. The van der Waals surface area contributed by atoms with Crippen molar-refractivity contribution in [2.24, 2.45) is 10.7 Å². The van der Waals surface area contributed by atoms with Crippen molar-refractivity contribution in [1.29, 1.82) is 0 Å². The molecule has 0 spiro atoms. The highest BCUT2D eigenvalue weighted by atomic mass is 35.5. The van der Waals surface area contributed by atoms with Crippen LogP contribution in [0.25, 0.3) is 0 Å². The number of carbonyl (C=O) groups is 1. The van der Waals surface area contributed by atoms with Crippen LogP contribution in [0, 0.1) is 0 Å². The van der Waals surface area contributed by atoms with Crippen molar-refractivity contribution in [3.05, 3.63) is 29.3 Å². The summed E-state index contributed by atoms with van der Waals surface area (Å²) >= 11 is 0. The van der Waals surface area contributed by atoms with Gasteiger partial charge in [0.15, 0.2) is 5.96 Å². The molecule has 0 aromatic heterocycles. The molecule has 0 aliphatic rings. The van der Waals surface area contributed by atoms with Crippen LogP contribution < -0.4 is 16.0 Å². The van der Waals surface area contributed by atoms with E-state index in [2.05, 4.69) is 43.2 Å². The molecule has 2 amide bonds. The number of benzene rings is 1. The second-order valence-electron chi connectivity index (χ2n) is 4.82. The number of hydrogen-bond acceptors (Lipinski definition) is 2. The van der Waals surface area contributed by atoms with Gasteiger partial charge in [0.1, 0.15) is 0 Å². The van der Waals surface area contributed by atoms with E-state index in [0.29, 0.717) is 6.54 Å². The van der Waals surface area contributed by atoms with Crippen molar-refractivity contribution >= 4 is 30.1 Å². The van der Waals surface area contributed by atoms with E-state index >= 15 is 0 Å². The molecular formula is C16H27ClN4O. The fourth-order valence-electron chi connectivity index (χ4n) is 2.33. The lowest BCUT2D eigenvalue weighted by atomic mass is 10.0. The molecule has 124 valence electrons. The molecule has 5 nitrogen and oxygen atoms in total. The van der Waals surface area contributed by atoms with E-state index in [0.717, 1.165) is 24.9 Å². The molecule has 1 rings (SSSR count). The van der Waals surface area contributed by atoms with Gasteiger partial charge in [0.25, 0.3) is 0 Å². The van der Waals surface area contributed by atoms with Gasteiger partial charge in [-0.2, -0.15) is 0 Å². The number of para-hydroxylation sites is 1. The van der Waals surface area contributed by atoms with E-state index < -0.39 is 0 Å². The number of rotatable bonds is 5. The summed E-state index contributed by atoms with van der Waals surface area (Å²) in [5.74, 6) is 0.133. The lowest BCUT2D eigenvalue weighted by molar-refractivity contribution is 0.250. The summed E-state index contributed by atoms with van der Waals surface area (Å²) in [5, 5.41) is 2.63. The molecule has 6 heteroatoms. The summed E-state index contributed by atoms with van der Waals surface area (Å²) in [4.78, 5) is 18.1. The van der Waals surface area contributed by atoms with Crippen LogP contribution in [0.3, 0.4) is 0 Å². The SMILES string of the molecule is CCCN(C(=O)NC(N)=NC)c1c(CC)cccc1CC.Cl. The van der Waals surface area contributed by atoms with Crippen LogP contribution >= 0.6 is 12.4 Å². The van der Waals surface area contributed by atoms with Crippen molar-refractivity contribution in [2.45, 2.75) is 40.0 Å². The summed E-state index contributed by atoms with van der Waals surface area (Å²) in [6, 6.07) is 5.96. The summed E-state index contributed by atoms with van der Waals surface area (Å²) in [6.45, 7) is 6.90. The number of nitrogens with two attached hydrogens (primary N) is 1. The van der Waals surface area contributed by atoms with Crippen molar-refractivity contribution in [2.75, 3.05) is 18.5 Å². The number of nitrogens with zero attached hydrogens (tertiary/aromatic N) is 2. The number of halogens is 1. The number of anilines is 1. The molecule has 0 saturated heterocycles. The molecule has 22 heavy (non-hydrogen) atoms. The second-order valence-corrected chi connectivity index (χ2v) is 4.82. The Morgan fingerprint density at radius 3 is 2.18 bits per heavy atom. The van der Waals surface area contributed by atoms with E-state index in [-0.39, 0.29) is 24.4 Å². The zero-order chi connectivity index (χ0) is 15.8. The largest absolute Gasteiger partial charge is 0.370 e. The number of carbonyl (C=O) groups excluding carboxylic acids is 1. The number of aliphatic imine (C=N–C) groups is 1. The number of aryl methyl sites for hydroxylation is 2. The van der Waals surface area contributed by atoms with Crippen LogP contribution in [0.15, 0.2) is 23.2 Å². The minimum Gasteiger partial charge on any atom is -0.370 e. The quantitative estimate of drug-likeness (QED) is 0.644. The zero-order valence-corrected chi connectivity index (χ0v) is 14.7. The van der Waals surface area contributed by atoms with Crippen LogP contribution in [0.4, 0.5) is 10.5 Å². The van der Waals surface area contributed by atoms with Crippen LogP contribution in [-0.2, 0) is 12.8 Å². The predicted molar refractivity (Wildman–Crippen MR) is 96.2 cm³/mol. The van der Waals surface area contributed by atoms with E-state index in [1.165, 1.54) is 11.1 Å². The molecular weight excluding hydrogens is 300 g/mol. The molecule has 0 bridgehead atoms. The Kier molecular flexibility index (Phi) is 9.26. The number of nitrogens with one attached hydrogen (secondary N) is 1. The van der Waals surface area contributed by atoms with Gasteiger partial charge >= 0.3 is 6.03 Å². The molecule has 0 unspecified atom stereocenters. The average Bonchev–Trinajstić information content (AvgIpc) is 2.51. The Balaban J connectivity index is 0.00000441. The van der Waals surface area contributed by atoms with Gasteiger partial charge in [-0.05, 0) is 30.4 Å². The molecule has 0 saturated carbocycles. The number of amides is 2. The molecule has 0 fully saturated rings.